The number of allylic oxidation sites excluding steroid dienone is 1. The smallest absolute Gasteiger partial charge is 0.255 e. The molecule has 0 spiro atoms. The molecule has 128 valence electrons. The third-order valence-corrected chi connectivity index (χ3v) is 4.17. The third kappa shape index (κ3) is 2.80. The van der Waals surface area contributed by atoms with Gasteiger partial charge in [-0.25, -0.2) is 0 Å². The van der Waals surface area contributed by atoms with E-state index in [1.165, 1.54) is 12.2 Å². The van der Waals surface area contributed by atoms with Gasteiger partial charge >= 0.3 is 0 Å². The highest BCUT2D eigenvalue weighted by Crippen LogP contribution is 2.28. The number of ether oxygens (including phenoxy) is 1. The van der Waals surface area contributed by atoms with Crippen molar-refractivity contribution in [2.45, 2.75) is 0 Å². The van der Waals surface area contributed by atoms with Crippen molar-refractivity contribution >= 4 is 33.7 Å². The Kier molecular flexibility index (Phi) is 3.89. The number of carbonyl (C=O) groups excluding carboxylic acids is 1. The molecule has 1 N–H and O–H groups in total. The molecular weight excluding hydrogens is 330 g/mol. The van der Waals surface area contributed by atoms with Crippen LogP contribution in [-0.2, 0) is 0 Å². The standard InChI is InChI=1S/C21H15NO4/c1-25-18-8-4-6-14-12-19(26-20(14)18)17(23)10-9-15-11-13-5-2-3-7-16(13)22-21(15)24/h2-12H,1H3,(H,22,24)/b10-9+. The topological polar surface area (TPSA) is 72.3 Å². The SMILES string of the molecule is COc1cccc2cc(C(=O)/C=C/c3cc4ccccc4[nH]c3=O)oc12. The number of H-pyrrole nitrogens is 1. The van der Waals surface area contributed by atoms with Crippen molar-refractivity contribution in [3.05, 3.63) is 82.4 Å². The minimum Gasteiger partial charge on any atom is -0.493 e. The van der Waals surface area contributed by atoms with Crippen molar-refractivity contribution in [2.24, 2.45) is 0 Å². The minimum atomic E-state index is -0.323. The number of methoxy groups -OCH3 is 1. The maximum absolute atomic E-state index is 12.4. The molecule has 2 aromatic carbocycles. The Hall–Kier alpha value is -3.60. The fraction of sp³-hybridized carbons (Fsp3) is 0.0476. The van der Waals surface area contributed by atoms with Crippen LogP contribution in [0.1, 0.15) is 16.1 Å². The molecule has 2 heterocycles. The van der Waals surface area contributed by atoms with Gasteiger partial charge < -0.3 is 14.1 Å². The van der Waals surface area contributed by atoms with E-state index in [1.54, 1.807) is 25.3 Å². The number of carbonyl (C=O) groups is 1. The fourth-order valence-corrected chi connectivity index (χ4v) is 2.85. The second kappa shape index (κ2) is 6.37. The quantitative estimate of drug-likeness (QED) is 0.445. The summed E-state index contributed by atoms with van der Waals surface area (Å²) < 4.78 is 10.9. The number of para-hydroxylation sites is 2. The molecule has 0 saturated carbocycles. The van der Waals surface area contributed by atoms with E-state index in [-0.39, 0.29) is 17.1 Å². The second-order valence-electron chi connectivity index (χ2n) is 5.83. The summed E-state index contributed by atoms with van der Waals surface area (Å²) in [5.41, 5.74) is 1.44. The molecule has 0 bridgehead atoms. The third-order valence-electron chi connectivity index (χ3n) is 4.17. The number of aromatic amines is 1. The molecule has 0 amide bonds. The van der Waals surface area contributed by atoms with Gasteiger partial charge in [-0.15, -0.1) is 0 Å². The highest BCUT2D eigenvalue weighted by molar-refractivity contribution is 6.07. The van der Waals surface area contributed by atoms with Gasteiger partial charge in [-0.2, -0.15) is 0 Å². The second-order valence-corrected chi connectivity index (χ2v) is 5.83. The van der Waals surface area contributed by atoms with Crippen LogP contribution in [0.25, 0.3) is 27.9 Å². The summed E-state index contributed by atoms with van der Waals surface area (Å²) in [6, 6.07) is 16.3. The van der Waals surface area contributed by atoms with Crippen LogP contribution in [0.2, 0.25) is 0 Å². The molecule has 26 heavy (non-hydrogen) atoms. The Labute approximate surface area is 148 Å². The van der Waals surface area contributed by atoms with Crippen LogP contribution in [0, 0.1) is 0 Å². The molecule has 0 aliphatic rings. The molecule has 4 aromatic rings. The molecule has 0 aliphatic carbocycles. The van der Waals surface area contributed by atoms with Crippen molar-refractivity contribution in [3.8, 4) is 5.75 Å². The number of hydrogen-bond acceptors (Lipinski definition) is 4. The van der Waals surface area contributed by atoms with Crippen molar-refractivity contribution < 1.29 is 13.9 Å². The zero-order chi connectivity index (χ0) is 18.1. The number of furan rings is 1. The van der Waals surface area contributed by atoms with Crippen molar-refractivity contribution in [1.29, 1.82) is 0 Å². The zero-order valence-corrected chi connectivity index (χ0v) is 14.0. The van der Waals surface area contributed by atoms with Crippen LogP contribution >= 0.6 is 0 Å². The summed E-state index contributed by atoms with van der Waals surface area (Å²) >= 11 is 0. The lowest BCUT2D eigenvalue weighted by molar-refractivity contribution is 0.102. The summed E-state index contributed by atoms with van der Waals surface area (Å²) in [5, 5.41) is 1.68. The number of benzene rings is 2. The van der Waals surface area contributed by atoms with Crippen LogP contribution in [0.15, 0.2) is 69.9 Å². The van der Waals surface area contributed by atoms with Gasteiger partial charge in [0.25, 0.3) is 5.56 Å². The van der Waals surface area contributed by atoms with Crippen LogP contribution < -0.4 is 10.3 Å². The van der Waals surface area contributed by atoms with Gasteiger partial charge in [0, 0.05) is 16.5 Å². The van der Waals surface area contributed by atoms with E-state index >= 15 is 0 Å². The van der Waals surface area contributed by atoms with E-state index in [9.17, 15) is 9.59 Å². The number of hydrogen-bond donors (Lipinski definition) is 1. The number of nitrogens with one attached hydrogen (secondary N) is 1. The van der Waals surface area contributed by atoms with Gasteiger partial charge in [0.1, 0.15) is 0 Å². The van der Waals surface area contributed by atoms with Gasteiger partial charge in [0.2, 0.25) is 5.78 Å². The van der Waals surface area contributed by atoms with E-state index < -0.39 is 0 Å². The van der Waals surface area contributed by atoms with Crippen LogP contribution in [0.3, 0.4) is 0 Å². The number of pyridine rings is 1. The Morgan fingerprint density at radius 2 is 1.88 bits per heavy atom. The maximum atomic E-state index is 12.4. The largest absolute Gasteiger partial charge is 0.493 e. The first kappa shape index (κ1) is 15.9. The Morgan fingerprint density at radius 3 is 2.73 bits per heavy atom. The molecule has 0 unspecified atom stereocenters. The first-order chi connectivity index (χ1) is 12.7. The molecule has 0 radical (unpaired) electrons. The lowest BCUT2D eigenvalue weighted by Gasteiger charge is -1.99. The zero-order valence-electron chi connectivity index (χ0n) is 14.0. The summed E-state index contributed by atoms with van der Waals surface area (Å²) in [4.78, 5) is 27.4. The number of rotatable bonds is 4. The number of aromatic nitrogens is 1. The normalized spacial score (nSPS) is 11.4. The average Bonchev–Trinajstić information content (AvgIpc) is 3.10. The molecule has 5 nitrogen and oxygen atoms in total. The average molecular weight is 345 g/mol. The molecule has 0 aliphatic heterocycles. The fourth-order valence-electron chi connectivity index (χ4n) is 2.85. The summed E-state index contributed by atoms with van der Waals surface area (Å²) in [5.74, 6) is 0.435. The monoisotopic (exact) mass is 345 g/mol. The van der Waals surface area contributed by atoms with Gasteiger partial charge in [-0.1, -0.05) is 30.3 Å². The van der Waals surface area contributed by atoms with Crippen molar-refractivity contribution in [1.82, 2.24) is 4.98 Å². The lowest BCUT2D eigenvalue weighted by Crippen LogP contribution is -2.08. The predicted molar refractivity (Wildman–Crippen MR) is 101 cm³/mol. The molecule has 0 saturated heterocycles. The minimum absolute atomic E-state index is 0.193. The van der Waals surface area contributed by atoms with E-state index in [1.807, 2.05) is 36.4 Å². The lowest BCUT2D eigenvalue weighted by atomic mass is 10.1. The van der Waals surface area contributed by atoms with Crippen LogP contribution in [-0.4, -0.2) is 17.9 Å². The summed E-state index contributed by atoms with van der Waals surface area (Å²) in [6.07, 6.45) is 2.83. The molecule has 0 fully saturated rings. The molecule has 2 aromatic heterocycles. The summed E-state index contributed by atoms with van der Waals surface area (Å²) in [6.45, 7) is 0. The Morgan fingerprint density at radius 1 is 1.08 bits per heavy atom. The first-order valence-corrected chi connectivity index (χ1v) is 8.07. The van der Waals surface area contributed by atoms with Gasteiger partial charge in [-0.3, -0.25) is 9.59 Å². The highest BCUT2D eigenvalue weighted by Gasteiger charge is 2.13. The molecule has 4 rings (SSSR count). The highest BCUT2D eigenvalue weighted by atomic mass is 16.5. The Balaban J connectivity index is 1.68. The first-order valence-electron chi connectivity index (χ1n) is 8.07. The van der Waals surface area contributed by atoms with E-state index in [2.05, 4.69) is 4.98 Å². The number of ketones is 1. The van der Waals surface area contributed by atoms with Crippen LogP contribution in [0.4, 0.5) is 0 Å². The van der Waals surface area contributed by atoms with Crippen molar-refractivity contribution in [3.63, 3.8) is 0 Å². The molecule has 0 atom stereocenters. The van der Waals surface area contributed by atoms with E-state index in [4.69, 9.17) is 9.15 Å². The van der Waals surface area contributed by atoms with Gasteiger partial charge in [0.15, 0.2) is 17.1 Å². The molecule has 5 heteroatoms. The van der Waals surface area contributed by atoms with E-state index in [0.29, 0.717) is 16.9 Å². The number of fused-ring (bicyclic) bond motifs is 2. The van der Waals surface area contributed by atoms with Crippen LogP contribution in [0.5, 0.6) is 5.75 Å². The maximum Gasteiger partial charge on any atom is 0.255 e. The predicted octanol–water partition coefficient (Wildman–Crippen LogP) is 4.18. The Bertz CT molecular complexity index is 1210. The van der Waals surface area contributed by atoms with Gasteiger partial charge in [0.05, 0.1) is 7.11 Å². The van der Waals surface area contributed by atoms with Gasteiger partial charge in [-0.05, 0) is 41.8 Å². The molecular formula is C21H15NO4. The van der Waals surface area contributed by atoms with E-state index in [0.717, 1.165) is 16.3 Å². The van der Waals surface area contributed by atoms with Crippen molar-refractivity contribution in [2.75, 3.05) is 7.11 Å². The summed E-state index contributed by atoms with van der Waals surface area (Å²) in [7, 11) is 1.55.